The fourth-order valence-electron chi connectivity index (χ4n) is 4.14. The number of carbonyl (C=O) groups excluding carboxylic acids is 1. The van der Waals surface area contributed by atoms with Gasteiger partial charge in [-0.1, -0.05) is 0 Å². The first-order valence-corrected chi connectivity index (χ1v) is 11.2. The van der Waals surface area contributed by atoms with Gasteiger partial charge in [0.2, 0.25) is 0 Å². The quantitative estimate of drug-likeness (QED) is 0.409. The Hall–Kier alpha value is -4.11. The fraction of sp³-hybridized carbons (Fsp3) is 0.348. The summed E-state index contributed by atoms with van der Waals surface area (Å²) in [4.78, 5) is 32.4. The molecule has 8 nitrogen and oxygen atoms in total. The summed E-state index contributed by atoms with van der Waals surface area (Å²) in [7, 11) is 0. The van der Waals surface area contributed by atoms with Crippen LogP contribution in [0, 0.1) is 5.82 Å². The number of anilines is 1. The average molecular weight is 562 g/mol. The largest absolute Gasteiger partial charge is 0.423 e. The maximum atomic E-state index is 14.9. The van der Waals surface area contributed by atoms with Crippen molar-refractivity contribution >= 4 is 11.6 Å². The molecule has 2 atom stereocenters. The predicted octanol–water partition coefficient (Wildman–Crippen LogP) is 4.59. The van der Waals surface area contributed by atoms with Crippen LogP contribution in [0.25, 0.3) is 11.4 Å². The Morgan fingerprint density at radius 2 is 1.69 bits per heavy atom. The van der Waals surface area contributed by atoms with Gasteiger partial charge in [-0.25, -0.2) is 23.8 Å². The van der Waals surface area contributed by atoms with E-state index in [9.17, 15) is 44.7 Å². The van der Waals surface area contributed by atoms with Gasteiger partial charge in [-0.3, -0.25) is 9.59 Å². The smallest absolute Gasteiger partial charge is 0.381 e. The van der Waals surface area contributed by atoms with E-state index in [1.165, 1.54) is 13.0 Å². The summed E-state index contributed by atoms with van der Waals surface area (Å²) < 4.78 is 107. The molecule has 0 spiro atoms. The Labute approximate surface area is 214 Å². The fourth-order valence-corrected chi connectivity index (χ4v) is 4.14. The van der Waals surface area contributed by atoms with E-state index in [4.69, 9.17) is 0 Å². The zero-order chi connectivity index (χ0) is 28.7. The Morgan fingerprint density at radius 3 is 2.31 bits per heavy atom. The van der Waals surface area contributed by atoms with Gasteiger partial charge in [0, 0.05) is 37.0 Å². The van der Waals surface area contributed by atoms with Crippen molar-refractivity contribution < 1.29 is 39.9 Å². The van der Waals surface area contributed by atoms with Gasteiger partial charge < -0.3 is 10.2 Å². The highest BCUT2D eigenvalue weighted by Gasteiger charge is 2.38. The first kappa shape index (κ1) is 27.9. The third-order valence-electron chi connectivity index (χ3n) is 5.86. The van der Waals surface area contributed by atoms with E-state index in [0.717, 1.165) is 17.2 Å². The van der Waals surface area contributed by atoms with Gasteiger partial charge in [0.05, 0.1) is 29.6 Å². The molecule has 2 aromatic heterocycles. The van der Waals surface area contributed by atoms with Gasteiger partial charge in [-0.05, 0) is 24.6 Å². The number of alkyl halides is 7. The molecule has 0 saturated carbocycles. The van der Waals surface area contributed by atoms with E-state index in [2.05, 4.69) is 20.4 Å². The molecule has 16 heteroatoms. The average Bonchev–Trinajstić information content (AvgIpc) is 3.11. The number of nitrogens with zero attached hydrogens (tertiary/aromatic N) is 4. The van der Waals surface area contributed by atoms with Crippen molar-refractivity contribution in [1.82, 2.24) is 25.1 Å². The zero-order valence-electron chi connectivity index (χ0n) is 19.8. The van der Waals surface area contributed by atoms with Crippen molar-refractivity contribution in [3.8, 4) is 11.4 Å². The highest BCUT2D eigenvalue weighted by atomic mass is 19.4. The lowest BCUT2D eigenvalue weighted by atomic mass is 10.0. The molecule has 4 rings (SSSR count). The van der Waals surface area contributed by atoms with Gasteiger partial charge >= 0.3 is 12.4 Å². The van der Waals surface area contributed by atoms with E-state index in [1.54, 1.807) is 5.10 Å². The maximum Gasteiger partial charge on any atom is 0.423 e. The molecule has 0 radical (unpaired) electrons. The van der Waals surface area contributed by atoms with Crippen LogP contribution in [0.1, 0.15) is 40.4 Å². The molecule has 208 valence electrons. The highest BCUT2D eigenvalue weighted by Crippen LogP contribution is 2.33. The molecule has 1 amide bonds. The molecule has 1 aliphatic heterocycles. The second-order valence-corrected chi connectivity index (χ2v) is 8.83. The van der Waals surface area contributed by atoms with Crippen LogP contribution in [0.5, 0.6) is 0 Å². The number of H-pyrrole nitrogens is 1. The van der Waals surface area contributed by atoms with Crippen molar-refractivity contribution in [2.45, 2.75) is 44.5 Å². The number of rotatable bonds is 7. The summed E-state index contributed by atoms with van der Waals surface area (Å²) in [5, 5.41) is 7.42. The van der Waals surface area contributed by atoms with Gasteiger partial charge in [0.25, 0.3) is 11.5 Å². The Kier molecular flexibility index (Phi) is 7.32. The lowest BCUT2D eigenvalue weighted by Crippen LogP contribution is -2.34. The normalized spacial score (nSPS) is 15.3. The van der Waals surface area contributed by atoms with E-state index < -0.39 is 65.2 Å². The molecule has 1 unspecified atom stereocenters. The van der Waals surface area contributed by atoms with E-state index in [-0.39, 0.29) is 35.5 Å². The number of halogens is 8. The second kappa shape index (κ2) is 10.2. The van der Waals surface area contributed by atoms with Gasteiger partial charge in [0.15, 0.2) is 5.82 Å². The number of amides is 1. The number of hydrogen-bond donors (Lipinski definition) is 2. The molecule has 1 aromatic carbocycles. The third kappa shape index (κ3) is 5.98. The first-order chi connectivity index (χ1) is 18.1. The standard InChI is InChI=1S/C23H18F8N6O2/c1-10(35-17-7-34-36-20(38)18(17)23(29,30)31)2-13(24)9-37-8-11-3-15(16(25)4-14(11)21(37)39)19-32-5-12(6-33-19)22(26,27)28/h3-7,10,13H,2,8-9H2,1H3,(H2,35,36,38)/t10?,13-/m1/s1. The number of benzene rings is 1. The predicted molar refractivity (Wildman–Crippen MR) is 120 cm³/mol. The number of hydrogen-bond acceptors (Lipinski definition) is 6. The maximum absolute atomic E-state index is 14.9. The summed E-state index contributed by atoms with van der Waals surface area (Å²) in [6.07, 6.45) is -10.0. The second-order valence-electron chi connectivity index (χ2n) is 8.83. The number of aromatic amines is 1. The minimum absolute atomic E-state index is 0.0778. The summed E-state index contributed by atoms with van der Waals surface area (Å²) >= 11 is 0. The molecule has 2 N–H and O–H groups in total. The van der Waals surface area contributed by atoms with Crippen LogP contribution in [0.15, 0.2) is 35.5 Å². The zero-order valence-corrected chi connectivity index (χ0v) is 19.8. The summed E-state index contributed by atoms with van der Waals surface area (Å²) in [6.45, 7) is 0.744. The molecular weight excluding hydrogens is 544 g/mol. The van der Waals surface area contributed by atoms with Crippen molar-refractivity contribution in [1.29, 1.82) is 0 Å². The molecular formula is C23H18F8N6O2. The summed E-state index contributed by atoms with van der Waals surface area (Å²) in [6, 6.07) is 1.15. The van der Waals surface area contributed by atoms with E-state index >= 15 is 0 Å². The minimum atomic E-state index is -4.99. The van der Waals surface area contributed by atoms with Crippen LogP contribution in [0.2, 0.25) is 0 Å². The van der Waals surface area contributed by atoms with Crippen LogP contribution in [-0.4, -0.2) is 49.7 Å². The molecule has 39 heavy (non-hydrogen) atoms. The number of nitrogens with one attached hydrogen (secondary N) is 2. The summed E-state index contributed by atoms with van der Waals surface area (Å²) in [5.74, 6) is -2.01. The SMILES string of the molecule is CC(C[C@@H](F)CN1Cc2cc(-c3ncc(C(F)(F)F)cn3)c(F)cc2C1=O)Nc1cn[nH]c(=O)c1C(F)(F)F. The van der Waals surface area contributed by atoms with E-state index in [1.807, 2.05) is 0 Å². The van der Waals surface area contributed by atoms with Crippen LogP contribution in [0.4, 0.5) is 40.8 Å². The van der Waals surface area contributed by atoms with Crippen LogP contribution in [0.3, 0.4) is 0 Å². The molecule has 0 saturated heterocycles. The molecule has 0 aliphatic carbocycles. The Bertz CT molecular complexity index is 1440. The van der Waals surface area contributed by atoms with Crippen LogP contribution in [-0.2, 0) is 18.9 Å². The summed E-state index contributed by atoms with van der Waals surface area (Å²) in [5.41, 5.74) is -4.81. The molecule has 1 aliphatic rings. The highest BCUT2D eigenvalue weighted by molar-refractivity contribution is 5.99. The van der Waals surface area contributed by atoms with Gasteiger partial charge in [-0.15, -0.1) is 0 Å². The number of carbonyl (C=O) groups is 1. The molecule has 3 aromatic rings. The van der Waals surface area contributed by atoms with Gasteiger partial charge in [-0.2, -0.15) is 31.4 Å². The van der Waals surface area contributed by atoms with Crippen molar-refractivity contribution in [2.24, 2.45) is 0 Å². The van der Waals surface area contributed by atoms with Gasteiger partial charge in [0.1, 0.15) is 17.6 Å². The topological polar surface area (TPSA) is 104 Å². The number of fused-ring (bicyclic) bond motifs is 1. The molecule has 3 heterocycles. The van der Waals surface area contributed by atoms with E-state index in [0.29, 0.717) is 12.4 Å². The first-order valence-electron chi connectivity index (χ1n) is 11.2. The Balaban J connectivity index is 1.43. The molecule has 0 fully saturated rings. The monoisotopic (exact) mass is 562 g/mol. The number of aromatic nitrogens is 4. The van der Waals surface area contributed by atoms with Crippen molar-refractivity contribution in [3.05, 3.63) is 69.1 Å². The van der Waals surface area contributed by atoms with Crippen LogP contribution < -0.4 is 10.9 Å². The third-order valence-corrected chi connectivity index (χ3v) is 5.86. The van der Waals surface area contributed by atoms with Crippen LogP contribution >= 0.6 is 0 Å². The lowest BCUT2D eigenvalue weighted by Gasteiger charge is -2.23. The van der Waals surface area contributed by atoms with Crippen molar-refractivity contribution in [2.75, 3.05) is 11.9 Å². The molecule has 0 bridgehead atoms. The lowest BCUT2D eigenvalue weighted by molar-refractivity contribution is -0.139. The van der Waals surface area contributed by atoms with Crippen molar-refractivity contribution in [3.63, 3.8) is 0 Å². The minimum Gasteiger partial charge on any atom is -0.381 e. The Morgan fingerprint density at radius 1 is 1.03 bits per heavy atom.